The van der Waals surface area contributed by atoms with Gasteiger partial charge in [-0.1, -0.05) is 0 Å². The molecule has 0 aromatic carbocycles. The minimum absolute atomic E-state index is 1.02. The van der Waals surface area contributed by atoms with Crippen LogP contribution in [0.15, 0.2) is 0 Å². The van der Waals surface area contributed by atoms with Gasteiger partial charge in [0.2, 0.25) is 0 Å². The summed E-state index contributed by atoms with van der Waals surface area (Å²) in [6, 6.07) is 0. The molecule has 0 saturated carbocycles. The monoisotopic (exact) mass is 286 g/mol. The van der Waals surface area contributed by atoms with Crippen molar-refractivity contribution in [3.8, 4) is 0 Å². The van der Waals surface area contributed by atoms with E-state index in [2.05, 4.69) is 0 Å². The Hall–Kier alpha value is -2.12. The molecule has 0 bridgehead atoms. The Bertz CT molecular complexity index is 418. The maximum absolute atomic E-state index is 11.8. The zero-order valence-electron chi connectivity index (χ0n) is 11.4. The summed E-state index contributed by atoms with van der Waals surface area (Å²) in [6.07, 6.45) is 0. The van der Waals surface area contributed by atoms with Crippen molar-refractivity contribution in [2.75, 3.05) is 0 Å². The number of esters is 4. The topological polar surface area (TPSA) is 105 Å². The summed E-state index contributed by atoms with van der Waals surface area (Å²) in [6.45, 7) is 5.44. The molecule has 0 spiro atoms. The van der Waals surface area contributed by atoms with Gasteiger partial charge in [0.25, 0.3) is 11.6 Å². The first-order valence-corrected chi connectivity index (χ1v) is 5.94. The standard InChI is InChI=1S/C12H14O8/c1-11(2)17-7(13)5(8(14)18-11)6-9(15)19-12(3,4)20-10(6)16/h5-6H,1-4H3. The van der Waals surface area contributed by atoms with Crippen molar-refractivity contribution in [3.63, 3.8) is 0 Å². The van der Waals surface area contributed by atoms with Crippen LogP contribution in [0.25, 0.3) is 0 Å². The Labute approximate surface area is 114 Å². The molecule has 20 heavy (non-hydrogen) atoms. The third kappa shape index (κ3) is 2.45. The van der Waals surface area contributed by atoms with Crippen molar-refractivity contribution >= 4 is 23.9 Å². The van der Waals surface area contributed by atoms with Crippen molar-refractivity contribution in [1.82, 2.24) is 0 Å². The number of hydrogen-bond donors (Lipinski definition) is 0. The summed E-state index contributed by atoms with van der Waals surface area (Å²) in [4.78, 5) is 47.3. The number of carbonyl (C=O) groups excluding carboxylic acids is 4. The highest BCUT2D eigenvalue weighted by atomic mass is 16.8. The highest BCUT2D eigenvalue weighted by molar-refractivity contribution is 6.09. The minimum Gasteiger partial charge on any atom is -0.422 e. The Balaban J connectivity index is 2.28. The van der Waals surface area contributed by atoms with Crippen LogP contribution in [0.2, 0.25) is 0 Å². The van der Waals surface area contributed by atoms with E-state index in [1.165, 1.54) is 27.7 Å². The zero-order valence-corrected chi connectivity index (χ0v) is 11.4. The van der Waals surface area contributed by atoms with Crippen LogP contribution in [0.4, 0.5) is 0 Å². The van der Waals surface area contributed by atoms with E-state index in [4.69, 9.17) is 18.9 Å². The molecule has 2 aliphatic rings. The van der Waals surface area contributed by atoms with Gasteiger partial charge in [-0.2, -0.15) is 0 Å². The number of hydrogen-bond acceptors (Lipinski definition) is 8. The third-order valence-electron chi connectivity index (χ3n) is 2.73. The van der Waals surface area contributed by atoms with Gasteiger partial charge in [-0.3, -0.25) is 19.2 Å². The van der Waals surface area contributed by atoms with Crippen LogP contribution in [0.1, 0.15) is 27.7 Å². The van der Waals surface area contributed by atoms with E-state index in [-0.39, 0.29) is 0 Å². The number of cyclic esters (lactones) is 4. The predicted octanol–water partition coefficient (Wildman–Crippen LogP) is -0.109. The smallest absolute Gasteiger partial charge is 0.325 e. The van der Waals surface area contributed by atoms with Crippen molar-refractivity contribution < 1.29 is 38.1 Å². The van der Waals surface area contributed by atoms with Crippen LogP contribution in [-0.4, -0.2) is 35.5 Å². The van der Waals surface area contributed by atoms with Crippen molar-refractivity contribution in [1.29, 1.82) is 0 Å². The predicted molar refractivity (Wildman–Crippen MR) is 59.5 cm³/mol. The number of rotatable bonds is 1. The normalized spacial score (nSPS) is 26.4. The second-order valence-electron chi connectivity index (χ2n) is 5.44. The molecule has 2 fully saturated rings. The van der Waals surface area contributed by atoms with Crippen molar-refractivity contribution in [2.24, 2.45) is 11.8 Å². The molecule has 8 heteroatoms. The molecule has 2 heterocycles. The molecule has 0 aromatic rings. The molecule has 2 saturated heterocycles. The van der Waals surface area contributed by atoms with E-state index in [1.54, 1.807) is 0 Å². The number of ether oxygens (including phenoxy) is 4. The van der Waals surface area contributed by atoms with Gasteiger partial charge in [0.1, 0.15) is 0 Å². The fourth-order valence-corrected chi connectivity index (χ4v) is 2.00. The van der Waals surface area contributed by atoms with Crippen molar-refractivity contribution in [2.45, 2.75) is 39.3 Å². The van der Waals surface area contributed by atoms with E-state index in [1.807, 2.05) is 0 Å². The van der Waals surface area contributed by atoms with Crippen LogP contribution < -0.4 is 0 Å². The second-order valence-corrected chi connectivity index (χ2v) is 5.44. The van der Waals surface area contributed by atoms with Gasteiger partial charge < -0.3 is 18.9 Å². The molecule has 0 N–H and O–H groups in total. The number of carbonyl (C=O) groups is 4. The minimum atomic E-state index is -1.71. The van der Waals surface area contributed by atoms with Gasteiger partial charge >= 0.3 is 23.9 Å². The largest absolute Gasteiger partial charge is 0.422 e. The second kappa shape index (κ2) is 4.19. The molecule has 0 amide bonds. The van der Waals surface area contributed by atoms with E-state index in [9.17, 15) is 19.2 Å². The van der Waals surface area contributed by atoms with Gasteiger partial charge in [0, 0.05) is 27.7 Å². The average molecular weight is 286 g/mol. The van der Waals surface area contributed by atoms with E-state index >= 15 is 0 Å². The SMILES string of the molecule is CC1(C)OC(=O)C(C2C(=O)OC(C)(C)OC2=O)C(=O)O1. The quantitative estimate of drug-likeness (QED) is 0.485. The van der Waals surface area contributed by atoms with Crippen LogP contribution >= 0.6 is 0 Å². The van der Waals surface area contributed by atoms with Gasteiger partial charge in [-0.15, -0.1) is 0 Å². The summed E-state index contributed by atoms with van der Waals surface area (Å²) in [5, 5.41) is 0. The molecule has 0 aromatic heterocycles. The molecule has 0 radical (unpaired) electrons. The Morgan fingerprint density at radius 2 is 0.800 bits per heavy atom. The Morgan fingerprint density at radius 1 is 0.600 bits per heavy atom. The van der Waals surface area contributed by atoms with Gasteiger partial charge in [0.15, 0.2) is 11.8 Å². The van der Waals surface area contributed by atoms with E-state index in [0.29, 0.717) is 0 Å². The summed E-state index contributed by atoms with van der Waals surface area (Å²) < 4.78 is 19.4. The summed E-state index contributed by atoms with van der Waals surface area (Å²) >= 11 is 0. The summed E-state index contributed by atoms with van der Waals surface area (Å²) in [7, 11) is 0. The van der Waals surface area contributed by atoms with Crippen LogP contribution in [0.3, 0.4) is 0 Å². The lowest BCUT2D eigenvalue weighted by Crippen LogP contribution is -2.56. The highest BCUT2D eigenvalue weighted by Gasteiger charge is 2.57. The lowest BCUT2D eigenvalue weighted by atomic mass is 9.90. The average Bonchev–Trinajstić information content (AvgIpc) is 2.17. The molecule has 0 atom stereocenters. The van der Waals surface area contributed by atoms with Gasteiger partial charge in [-0.05, 0) is 0 Å². The maximum atomic E-state index is 11.8. The molecular formula is C12H14O8. The van der Waals surface area contributed by atoms with E-state index in [0.717, 1.165) is 0 Å². The molecule has 0 unspecified atom stereocenters. The highest BCUT2D eigenvalue weighted by Crippen LogP contribution is 2.33. The fraction of sp³-hybridized carbons (Fsp3) is 0.667. The first kappa shape index (κ1) is 14.3. The first-order valence-electron chi connectivity index (χ1n) is 5.94. The molecule has 0 aliphatic carbocycles. The molecule has 110 valence electrons. The third-order valence-corrected chi connectivity index (χ3v) is 2.73. The fourth-order valence-electron chi connectivity index (χ4n) is 2.00. The summed E-state index contributed by atoms with van der Waals surface area (Å²) in [5.41, 5.74) is 0. The lowest BCUT2D eigenvalue weighted by Gasteiger charge is -2.38. The van der Waals surface area contributed by atoms with Crippen LogP contribution in [0, 0.1) is 11.8 Å². The lowest BCUT2D eigenvalue weighted by molar-refractivity contribution is -0.259. The van der Waals surface area contributed by atoms with Gasteiger partial charge in [-0.25, -0.2) is 0 Å². The van der Waals surface area contributed by atoms with Gasteiger partial charge in [0.05, 0.1) is 0 Å². The van der Waals surface area contributed by atoms with Crippen LogP contribution in [-0.2, 0) is 38.1 Å². The van der Waals surface area contributed by atoms with E-state index < -0.39 is 47.3 Å². The maximum Gasteiger partial charge on any atom is 0.325 e. The van der Waals surface area contributed by atoms with Crippen LogP contribution in [0.5, 0.6) is 0 Å². The molecule has 8 nitrogen and oxygen atoms in total. The molecular weight excluding hydrogens is 272 g/mol. The Morgan fingerprint density at radius 3 is 1.00 bits per heavy atom. The summed E-state index contributed by atoms with van der Waals surface area (Å²) in [5.74, 6) is -10.4. The van der Waals surface area contributed by atoms with Crippen molar-refractivity contribution in [3.05, 3.63) is 0 Å². The molecule has 2 rings (SSSR count). The zero-order chi connectivity index (χ0) is 15.3. The first-order chi connectivity index (χ1) is 9.02. The Kier molecular flexibility index (Phi) is 2.99. The molecule has 2 aliphatic heterocycles.